The zero-order valence-corrected chi connectivity index (χ0v) is 23.1. The molecule has 0 saturated heterocycles. The quantitative estimate of drug-likeness (QED) is 0.189. The zero-order chi connectivity index (χ0) is 27.4. The van der Waals surface area contributed by atoms with Gasteiger partial charge in [-0.1, -0.05) is 78.9 Å². The molecule has 0 aromatic heterocycles. The van der Waals surface area contributed by atoms with Crippen molar-refractivity contribution in [1.82, 2.24) is 16.0 Å². The van der Waals surface area contributed by atoms with E-state index >= 15 is 0 Å². The molecule has 0 heterocycles. The number of carbonyl (C=O) groups is 1. The fourth-order valence-electron chi connectivity index (χ4n) is 3.86. The third-order valence-corrected chi connectivity index (χ3v) is 8.16. The van der Waals surface area contributed by atoms with Crippen LogP contribution < -0.4 is 16.0 Å². The van der Waals surface area contributed by atoms with E-state index in [9.17, 15) is 13.8 Å². The van der Waals surface area contributed by atoms with Gasteiger partial charge in [0, 0.05) is 18.5 Å². The molecule has 10 heteroatoms. The van der Waals surface area contributed by atoms with Crippen LogP contribution in [0.3, 0.4) is 0 Å². The zero-order valence-electron chi connectivity index (χ0n) is 21.4. The van der Waals surface area contributed by atoms with E-state index in [-0.39, 0.29) is 30.8 Å². The summed E-state index contributed by atoms with van der Waals surface area (Å²) >= 11 is 5.58. The van der Waals surface area contributed by atoms with E-state index in [0.29, 0.717) is 17.5 Å². The van der Waals surface area contributed by atoms with E-state index in [0.717, 1.165) is 5.56 Å². The fourth-order valence-corrected chi connectivity index (χ4v) is 6.12. The van der Waals surface area contributed by atoms with Crippen LogP contribution in [0.25, 0.3) is 0 Å². The molecule has 0 aliphatic rings. The molecule has 3 aromatic rings. The minimum absolute atomic E-state index is 0.0230. The predicted molar refractivity (Wildman–Crippen MR) is 151 cm³/mol. The second kappa shape index (κ2) is 14.7. The number of thiocarbonyl (C=S) groups is 1. The second-order valence-corrected chi connectivity index (χ2v) is 10.9. The summed E-state index contributed by atoms with van der Waals surface area (Å²) in [6.45, 7) is 3.85. The molecular formula is C28H33FN3O4PS. The largest absolute Gasteiger partial charge is 0.357 e. The minimum atomic E-state index is -3.68. The van der Waals surface area contributed by atoms with Gasteiger partial charge < -0.3 is 25.0 Å². The Morgan fingerprint density at radius 1 is 0.895 bits per heavy atom. The number of nitrogens with one attached hydrogen (secondary N) is 3. The number of benzene rings is 3. The van der Waals surface area contributed by atoms with Crippen LogP contribution in [0.5, 0.6) is 0 Å². The van der Waals surface area contributed by atoms with Gasteiger partial charge in [0.1, 0.15) is 11.9 Å². The van der Waals surface area contributed by atoms with Crippen molar-refractivity contribution in [2.45, 2.75) is 38.6 Å². The first-order valence-electron chi connectivity index (χ1n) is 12.4. The first-order chi connectivity index (χ1) is 18.4. The lowest BCUT2D eigenvalue weighted by Crippen LogP contribution is -2.51. The van der Waals surface area contributed by atoms with Gasteiger partial charge in [0.05, 0.1) is 13.2 Å². The van der Waals surface area contributed by atoms with Gasteiger partial charge >= 0.3 is 7.60 Å². The number of carbonyl (C=O) groups excluding carboxylic acids is 1. The molecular weight excluding hydrogens is 524 g/mol. The third kappa shape index (κ3) is 8.46. The van der Waals surface area contributed by atoms with Crippen molar-refractivity contribution in [2.75, 3.05) is 13.2 Å². The molecule has 0 radical (unpaired) electrons. The highest BCUT2D eigenvalue weighted by atomic mass is 32.1. The Morgan fingerprint density at radius 3 is 2.08 bits per heavy atom. The summed E-state index contributed by atoms with van der Waals surface area (Å²) in [5.74, 6) is -1.66. The summed E-state index contributed by atoms with van der Waals surface area (Å²) in [6, 6.07) is 24.0. The van der Waals surface area contributed by atoms with Crippen molar-refractivity contribution in [2.24, 2.45) is 0 Å². The van der Waals surface area contributed by atoms with Crippen molar-refractivity contribution >= 4 is 30.8 Å². The Bertz CT molecular complexity index is 1220. The number of rotatable bonds is 13. The Kier molecular flexibility index (Phi) is 11.4. The van der Waals surface area contributed by atoms with Crippen LogP contribution in [0.4, 0.5) is 4.39 Å². The molecule has 3 aromatic carbocycles. The van der Waals surface area contributed by atoms with Gasteiger partial charge in [-0.2, -0.15) is 0 Å². The lowest BCUT2D eigenvalue weighted by atomic mass is 10.1. The monoisotopic (exact) mass is 557 g/mol. The molecule has 202 valence electrons. The van der Waals surface area contributed by atoms with Gasteiger partial charge in [-0.25, -0.2) is 4.39 Å². The van der Waals surface area contributed by atoms with Gasteiger partial charge in [-0.3, -0.25) is 9.36 Å². The first kappa shape index (κ1) is 29.5. The van der Waals surface area contributed by atoms with Gasteiger partial charge in [-0.05, 0) is 43.3 Å². The molecule has 1 unspecified atom stereocenters. The van der Waals surface area contributed by atoms with Crippen molar-refractivity contribution in [3.8, 4) is 0 Å². The molecule has 0 fully saturated rings. The van der Waals surface area contributed by atoms with Crippen molar-refractivity contribution in [3.63, 3.8) is 0 Å². The molecule has 3 rings (SSSR count). The molecule has 0 aliphatic heterocycles. The van der Waals surface area contributed by atoms with Crippen molar-refractivity contribution in [1.29, 1.82) is 0 Å². The standard InChI is InChI=1S/C28H33FN3O4PS/c1-3-35-37(34,36-4-2)27(22-15-9-6-10-16-22)32-28(38)31-25(19-21-13-7-5-8-14-21)26(33)30-20-23-17-11-12-18-24(23)29/h5-18,25,27H,3-4,19-20H2,1-2H3,(H,30,33)(H2,31,32,38)/t25-,27?/m0/s1. The fraction of sp³-hybridized carbons (Fsp3) is 0.286. The molecule has 38 heavy (non-hydrogen) atoms. The summed E-state index contributed by atoms with van der Waals surface area (Å²) in [5, 5.41) is 9.01. The van der Waals surface area contributed by atoms with E-state index in [4.69, 9.17) is 21.3 Å². The third-order valence-electron chi connectivity index (χ3n) is 5.63. The SMILES string of the molecule is CCOP(=O)(OCC)C(NC(=S)N[C@@H](Cc1ccccc1)C(=O)NCc1ccccc1F)c1ccccc1. The van der Waals surface area contributed by atoms with E-state index in [1.807, 2.05) is 48.5 Å². The number of hydrogen-bond donors (Lipinski definition) is 3. The normalized spacial score (nSPS) is 12.8. The average Bonchev–Trinajstić information content (AvgIpc) is 2.92. The van der Waals surface area contributed by atoms with Crippen LogP contribution in [0.2, 0.25) is 0 Å². The predicted octanol–water partition coefficient (Wildman–Crippen LogP) is 5.48. The lowest BCUT2D eigenvalue weighted by molar-refractivity contribution is -0.122. The topological polar surface area (TPSA) is 88.7 Å². The maximum Gasteiger partial charge on any atom is 0.357 e. The van der Waals surface area contributed by atoms with Gasteiger partial charge in [-0.15, -0.1) is 0 Å². The molecule has 0 spiro atoms. The maximum atomic E-state index is 14.1. The highest BCUT2D eigenvalue weighted by Crippen LogP contribution is 2.59. The van der Waals surface area contributed by atoms with E-state index in [1.54, 1.807) is 44.2 Å². The van der Waals surface area contributed by atoms with Crippen LogP contribution >= 0.6 is 19.8 Å². The molecule has 1 amide bonds. The lowest BCUT2D eigenvalue weighted by Gasteiger charge is -2.29. The van der Waals surface area contributed by atoms with Crippen LogP contribution in [-0.4, -0.2) is 30.3 Å². The maximum absolute atomic E-state index is 14.1. The van der Waals surface area contributed by atoms with Crippen molar-refractivity contribution < 1.29 is 22.8 Å². The molecule has 7 nitrogen and oxygen atoms in total. The van der Waals surface area contributed by atoms with E-state index in [2.05, 4.69) is 16.0 Å². The second-order valence-electron chi connectivity index (χ2n) is 8.36. The number of amides is 1. The summed E-state index contributed by atoms with van der Waals surface area (Å²) in [6.07, 6.45) is 0.316. The first-order valence-corrected chi connectivity index (χ1v) is 14.4. The van der Waals surface area contributed by atoms with Gasteiger partial charge in [0.2, 0.25) is 5.91 Å². The molecule has 2 atom stereocenters. The minimum Gasteiger partial charge on any atom is -0.351 e. The van der Waals surface area contributed by atoms with Crippen LogP contribution in [0.15, 0.2) is 84.9 Å². The van der Waals surface area contributed by atoms with Gasteiger partial charge in [0.15, 0.2) is 10.9 Å². The summed E-state index contributed by atoms with van der Waals surface area (Å²) < 4.78 is 39.0. The summed E-state index contributed by atoms with van der Waals surface area (Å²) in [7, 11) is -3.68. The highest BCUT2D eigenvalue weighted by molar-refractivity contribution is 7.80. The Hall–Kier alpha value is -3.10. The Balaban J connectivity index is 1.81. The van der Waals surface area contributed by atoms with E-state index in [1.165, 1.54) is 6.07 Å². The van der Waals surface area contributed by atoms with Crippen LogP contribution in [-0.2, 0) is 31.4 Å². The Morgan fingerprint density at radius 2 is 1.47 bits per heavy atom. The number of hydrogen-bond acceptors (Lipinski definition) is 5. The molecule has 0 aliphatic carbocycles. The van der Waals surface area contributed by atoms with Gasteiger partial charge in [0.25, 0.3) is 0 Å². The highest BCUT2D eigenvalue weighted by Gasteiger charge is 2.38. The molecule has 0 saturated carbocycles. The molecule has 3 N–H and O–H groups in total. The number of halogens is 1. The average molecular weight is 558 g/mol. The van der Waals surface area contributed by atoms with E-state index < -0.39 is 25.2 Å². The molecule has 0 bridgehead atoms. The summed E-state index contributed by atoms with van der Waals surface area (Å²) in [5.41, 5.74) is 1.94. The Labute approximate surface area is 228 Å². The summed E-state index contributed by atoms with van der Waals surface area (Å²) in [4.78, 5) is 13.2. The smallest absolute Gasteiger partial charge is 0.351 e. The van der Waals surface area contributed by atoms with Crippen LogP contribution in [0, 0.1) is 5.82 Å². The van der Waals surface area contributed by atoms with Crippen molar-refractivity contribution in [3.05, 3.63) is 107 Å². The van der Waals surface area contributed by atoms with Crippen LogP contribution in [0.1, 0.15) is 36.3 Å².